The molecular weight excluding hydrogens is 345 g/mol. The molecule has 0 saturated carbocycles. The Morgan fingerprint density at radius 1 is 1.22 bits per heavy atom. The van der Waals surface area contributed by atoms with Crippen LogP contribution < -0.4 is 5.32 Å². The minimum atomic E-state index is -0.295. The zero-order valence-electron chi connectivity index (χ0n) is 16.3. The van der Waals surface area contributed by atoms with Crippen LogP contribution in [0, 0.1) is 11.2 Å². The van der Waals surface area contributed by atoms with Crippen molar-refractivity contribution in [3.8, 4) is 0 Å². The standard InChI is InChI=1S/C21H30FN3O2/c1-16(2)25-12-3-9-21(20(25)27)10-13-24(15-21)14-19(26)23-11-8-17-4-6-18(22)7-5-17/h4-7,16H,3,8-15H2,1-2H3,(H,23,26)/t21-/m0/s1. The van der Waals surface area contributed by atoms with E-state index in [-0.39, 0.29) is 29.1 Å². The molecule has 2 fully saturated rings. The lowest BCUT2D eigenvalue weighted by atomic mass is 9.78. The first-order chi connectivity index (χ1) is 12.9. The summed E-state index contributed by atoms with van der Waals surface area (Å²) in [4.78, 5) is 29.3. The monoisotopic (exact) mass is 375 g/mol. The van der Waals surface area contributed by atoms with Crippen molar-refractivity contribution in [2.45, 2.75) is 45.6 Å². The van der Waals surface area contributed by atoms with Crippen LogP contribution in [0.1, 0.15) is 38.7 Å². The molecule has 1 N–H and O–H groups in total. The molecule has 148 valence electrons. The first kappa shape index (κ1) is 19.8. The zero-order valence-corrected chi connectivity index (χ0v) is 16.3. The van der Waals surface area contributed by atoms with Crippen LogP contribution in [0.3, 0.4) is 0 Å². The number of carbonyl (C=O) groups excluding carboxylic acids is 2. The molecule has 27 heavy (non-hydrogen) atoms. The molecule has 2 aliphatic heterocycles. The Morgan fingerprint density at radius 3 is 2.67 bits per heavy atom. The number of hydrogen-bond donors (Lipinski definition) is 1. The van der Waals surface area contributed by atoms with E-state index >= 15 is 0 Å². The van der Waals surface area contributed by atoms with Gasteiger partial charge in [-0.25, -0.2) is 4.39 Å². The topological polar surface area (TPSA) is 52.6 Å². The second kappa shape index (κ2) is 8.38. The molecule has 2 amide bonds. The van der Waals surface area contributed by atoms with E-state index in [1.165, 1.54) is 12.1 Å². The van der Waals surface area contributed by atoms with Crippen molar-refractivity contribution in [1.29, 1.82) is 0 Å². The third-order valence-corrected chi connectivity index (χ3v) is 5.84. The van der Waals surface area contributed by atoms with Gasteiger partial charge in [0.25, 0.3) is 0 Å². The van der Waals surface area contributed by atoms with E-state index in [1.54, 1.807) is 12.1 Å². The fourth-order valence-electron chi connectivity index (χ4n) is 4.32. The lowest BCUT2D eigenvalue weighted by Crippen LogP contribution is -2.52. The lowest BCUT2D eigenvalue weighted by molar-refractivity contribution is -0.147. The number of rotatable bonds is 6. The van der Waals surface area contributed by atoms with Gasteiger partial charge in [-0.1, -0.05) is 12.1 Å². The molecule has 1 aromatic rings. The van der Waals surface area contributed by atoms with Crippen molar-refractivity contribution in [3.05, 3.63) is 35.6 Å². The number of likely N-dealkylation sites (tertiary alicyclic amines) is 2. The molecule has 1 aromatic carbocycles. The average molecular weight is 375 g/mol. The minimum absolute atomic E-state index is 0.0156. The molecule has 0 radical (unpaired) electrons. The lowest BCUT2D eigenvalue weighted by Gasteiger charge is -2.41. The van der Waals surface area contributed by atoms with Gasteiger partial charge < -0.3 is 10.2 Å². The molecule has 2 saturated heterocycles. The van der Waals surface area contributed by atoms with Crippen molar-refractivity contribution in [3.63, 3.8) is 0 Å². The number of amides is 2. The van der Waals surface area contributed by atoms with Crippen molar-refractivity contribution in [2.24, 2.45) is 5.41 Å². The SMILES string of the molecule is CC(C)N1CCC[C@@]2(CCN(CC(=O)NCCc3ccc(F)cc3)C2)C1=O. The average Bonchev–Trinajstić information content (AvgIpc) is 3.02. The molecule has 0 aromatic heterocycles. The summed E-state index contributed by atoms with van der Waals surface area (Å²) in [6, 6.07) is 6.57. The van der Waals surface area contributed by atoms with Gasteiger partial charge in [-0.05, 0) is 63.8 Å². The number of nitrogens with zero attached hydrogens (tertiary/aromatic N) is 2. The van der Waals surface area contributed by atoms with Crippen LogP contribution in [0.5, 0.6) is 0 Å². The van der Waals surface area contributed by atoms with E-state index in [2.05, 4.69) is 24.1 Å². The highest BCUT2D eigenvalue weighted by Crippen LogP contribution is 2.40. The van der Waals surface area contributed by atoms with Crippen LogP contribution in [0.4, 0.5) is 4.39 Å². The van der Waals surface area contributed by atoms with Crippen LogP contribution in [-0.4, -0.2) is 60.4 Å². The van der Waals surface area contributed by atoms with Crippen LogP contribution >= 0.6 is 0 Å². The van der Waals surface area contributed by atoms with Gasteiger partial charge in [-0.3, -0.25) is 14.5 Å². The Balaban J connectivity index is 1.45. The van der Waals surface area contributed by atoms with Gasteiger partial charge in [0, 0.05) is 25.7 Å². The Bertz CT molecular complexity index is 677. The highest BCUT2D eigenvalue weighted by Gasteiger charge is 2.48. The fraction of sp³-hybridized carbons (Fsp3) is 0.619. The summed E-state index contributed by atoms with van der Waals surface area (Å²) in [5.41, 5.74) is 0.704. The number of carbonyl (C=O) groups is 2. The van der Waals surface area contributed by atoms with E-state index in [0.717, 1.165) is 37.9 Å². The third-order valence-electron chi connectivity index (χ3n) is 5.84. The first-order valence-electron chi connectivity index (χ1n) is 9.94. The van der Waals surface area contributed by atoms with Gasteiger partial charge in [0.1, 0.15) is 5.82 Å². The van der Waals surface area contributed by atoms with Crippen molar-refractivity contribution in [2.75, 3.05) is 32.7 Å². The van der Waals surface area contributed by atoms with E-state index in [9.17, 15) is 14.0 Å². The number of benzene rings is 1. The summed E-state index contributed by atoms with van der Waals surface area (Å²) in [5.74, 6) is 0.000134. The summed E-state index contributed by atoms with van der Waals surface area (Å²) in [5, 5.41) is 2.93. The molecule has 1 atom stereocenters. The number of nitrogens with one attached hydrogen (secondary N) is 1. The Morgan fingerprint density at radius 2 is 1.96 bits per heavy atom. The van der Waals surface area contributed by atoms with Gasteiger partial charge in [0.05, 0.1) is 12.0 Å². The molecule has 0 unspecified atom stereocenters. The Labute approximate surface area is 160 Å². The summed E-state index contributed by atoms with van der Waals surface area (Å²) < 4.78 is 12.9. The minimum Gasteiger partial charge on any atom is -0.355 e. The zero-order chi connectivity index (χ0) is 19.4. The summed E-state index contributed by atoms with van der Waals surface area (Å²) >= 11 is 0. The molecule has 6 heteroatoms. The Kier molecular flexibility index (Phi) is 6.15. The number of hydrogen-bond acceptors (Lipinski definition) is 3. The van der Waals surface area contributed by atoms with Gasteiger partial charge in [-0.2, -0.15) is 0 Å². The fourth-order valence-corrected chi connectivity index (χ4v) is 4.32. The maximum atomic E-state index is 12.9. The summed E-state index contributed by atoms with van der Waals surface area (Å²) in [7, 11) is 0. The van der Waals surface area contributed by atoms with Crippen molar-refractivity contribution < 1.29 is 14.0 Å². The molecule has 0 aliphatic carbocycles. The molecule has 2 heterocycles. The van der Waals surface area contributed by atoms with Gasteiger partial charge in [0.2, 0.25) is 11.8 Å². The summed E-state index contributed by atoms with van der Waals surface area (Å²) in [6.45, 7) is 7.33. The van der Waals surface area contributed by atoms with E-state index < -0.39 is 0 Å². The molecular formula is C21H30FN3O2. The normalized spacial score (nSPS) is 23.4. The Hall–Kier alpha value is -1.95. The van der Waals surface area contributed by atoms with E-state index in [4.69, 9.17) is 0 Å². The smallest absolute Gasteiger partial charge is 0.234 e. The van der Waals surface area contributed by atoms with Crippen LogP contribution in [0.15, 0.2) is 24.3 Å². The second-order valence-corrected chi connectivity index (χ2v) is 8.16. The maximum absolute atomic E-state index is 12.9. The molecule has 2 aliphatic rings. The number of piperidine rings is 1. The predicted octanol–water partition coefficient (Wildman–Crippen LogP) is 2.21. The van der Waals surface area contributed by atoms with E-state index in [0.29, 0.717) is 26.1 Å². The first-order valence-corrected chi connectivity index (χ1v) is 9.94. The highest BCUT2D eigenvalue weighted by atomic mass is 19.1. The van der Waals surface area contributed by atoms with Crippen LogP contribution in [0.25, 0.3) is 0 Å². The largest absolute Gasteiger partial charge is 0.355 e. The molecule has 5 nitrogen and oxygen atoms in total. The predicted molar refractivity (Wildman–Crippen MR) is 103 cm³/mol. The highest BCUT2D eigenvalue weighted by molar-refractivity contribution is 5.85. The van der Waals surface area contributed by atoms with Gasteiger partial charge in [0.15, 0.2) is 0 Å². The third kappa shape index (κ3) is 4.67. The van der Waals surface area contributed by atoms with Crippen molar-refractivity contribution in [1.82, 2.24) is 15.1 Å². The quantitative estimate of drug-likeness (QED) is 0.829. The van der Waals surface area contributed by atoms with E-state index in [1.807, 2.05) is 4.90 Å². The van der Waals surface area contributed by atoms with Gasteiger partial charge >= 0.3 is 0 Å². The molecule has 3 rings (SSSR count). The van der Waals surface area contributed by atoms with Crippen molar-refractivity contribution >= 4 is 11.8 Å². The molecule has 0 bridgehead atoms. The summed E-state index contributed by atoms with van der Waals surface area (Å²) in [6.07, 6.45) is 3.50. The maximum Gasteiger partial charge on any atom is 0.234 e. The molecule has 1 spiro atoms. The van der Waals surface area contributed by atoms with Gasteiger partial charge in [-0.15, -0.1) is 0 Å². The number of halogens is 1. The second-order valence-electron chi connectivity index (χ2n) is 8.16. The van der Waals surface area contributed by atoms with Crippen LogP contribution in [0.2, 0.25) is 0 Å². The van der Waals surface area contributed by atoms with Crippen LogP contribution in [-0.2, 0) is 16.0 Å².